The zero-order valence-corrected chi connectivity index (χ0v) is 24.2. The van der Waals surface area contributed by atoms with Crippen LogP contribution >= 0.6 is 0 Å². The molecule has 0 amide bonds. The van der Waals surface area contributed by atoms with Crippen LogP contribution in [0, 0.1) is 11.8 Å². The fraction of sp³-hybridized carbons (Fsp3) is 0.633. The van der Waals surface area contributed by atoms with Crippen molar-refractivity contribution < 1.29 is 73.7 Å². The molecule has 3 saturated heterocycles. The predicted molar refractivity (Wildman–Crippen MR) is 147 cm³/mol. The van der Waals surface area contributed by atoms with Gasteiger partial charge >= 0.3 is 5.97 Å². The summed E-state index contributed by atoms with van der Waals surface area (Å²) in [6, 6.07) is 9.01. The van der Waals surface area contributed by atoms with Gasteiger partial charge in [-0.05, 0) is 24.6 Å². The van der Waals surface area contributed by atoms with Gasteiger partial charge in [-0.3, -0.25) is 0 Å². The number of aliphatic hydroxyl groups excluding tert-OH is 7. The highest BCUT2D eigenvalue weighted by Crippen LogP contribution is 2.61. The van der Waals surface area contributed by atoms with E-state index in [1.807, 2.05) is 6.07 Å². The van der Waals surface area contributed by atoms with Crippen LogP contribution in [0.5, 0.6) is 0 Å². The predicted octanol–water partition coefficient (Wildman–Crippen LogP) is -2.47. The van der Waals surface area contributed by atoms with Crippen molar-refractivity contribution in [2.45, 2.75) is 92.4 Å². The van der Waals surface area contributed by atoms with Crippen LogP contribution in [0.4, 0.5) is 0 Å². The minimum atomic E-state index is -1.69. The third-order valence-corrected chi connectivity index (χ3v) is 9.14. The molecule has 0 aromatic heterocycles. The summed E-state index contributed by atoms with van der Waals surface area (Å²) in [6.07, 6.45) is -11.4. The van der Waals surface area contributed by atoms with Crippen molar-refractivity contribution in [2.24, 2.45) is 11.8 Å². The minimum absolute atomic E-state index is 0.476. The molecule has 0 spiro atoms. The summed E-state index contributed by atoms with van der Waals surface area (Å²) in [5.74, 6) is -2.12. The summed E-state index contributed by atoms with van der Waals surface area (Å²) in [7, 11) is 0. The third kappa shape index (κ3) is 5.93. The molecule has 7 N–H and O–H groups in total. The molecule has 1 aromatic carbocycles. The topological polar surface area (TPSA) is 227 Å². The lowest BCUT2D eigenvalue weighted by Gasteiger charge is -2.44. The number of carbonyl (C=O) groups excluding carboxylic acids is 1. The third-order valence-electron chi connectivity index (χ3n) is 9.14. The van der Waals surface area contributed by atoms with Crippen LogP contribution in [0.3, 0.4) is 0 Å². The number of benzene rings is 1. The monoisotopic (exact) mass is 638 g/mol. The molecule has 1 aliphatic carbocycles. The van der Waals surface area contributed by atoms with Gasteiger partial charge < -0.3 is 68.9 Å². The summed E-state index contributed by atoms with van der Waals surface area (Å²) in [4.78, 5) is 12.7. The SMILES string of the molecule is C[C@@H]1O[C@@H](O[C@H]2[C@@H]3C=CO[C@@H](O[C@@H]4O[C@H](CO)[C@@H](O)[C@H](O)[C@H]4O)[C@@H]3[C@@]3(CO)O[C@@H]23)[C@H](OC(=O)C=Cc2ccccc2)[C@H](O)[C@H]1O. The van der Waals surface area contributed by atoms with Crippen LogP contribution < -0.4 is 0 Å². The second kappa shape index (κ2) is 12.9. The van der Waals surface area contributed by atoms with Crippen LogP contribution in [0.2, 0.25) is 0 Å². The first-order valence-electron chi connectivity index (χ1n) is 14.8. The van der Waals surface area contributed by atoms with Gasteiger partial charge in [-0.25, -0.2) is 4.79 Å². The Bertz CT molecular complexity index is 1240. The van der Waals surface area contributed by atoms with Crippen LogP contribution in [0.25, 0.3) is 6.08 Å². The Balaban J connectivity index is 1.19. The molecule has 4 aliphatic heterocycles. The second-order valence-corrected chi connectivity index (χ2v) is 11.9. The Labute approximate surface area is 257 Å². The molecule has 16 atom stereocenters. The molecule has 0 unspecified atom stereocenters. The van der Waals surface area contributed by atoms with Crippen molar-refractivity contribution >= 4 is 12.0 Å². The molecule has 15 nitrogen and oxygen atoms in total. The molecule has 0 bridgehead atoms. The number of epoxide rings is 1. The van der Waals surface area contributed by atoms with E-state index in [1.54, 1.807) is 30.3 Å². The lowest BCUT2D eigenvalue weighted by Crippen LogP contribution is -2.61. The molecule has 45 heavy (non-hydrogen) atoms. The van der Waals surface area contributed by atoms with Crippen molar-refractivity contribution in [1.29, 1.82) is 0 Å². The largest absolute Gasteiger partial charge is 0.472 e. The Kier molecular flexibility index (Phi) is 9.33. The highest BCUT2D eigenvalue weighted by molar-refractivity contribution is 5.87. The van der Waals surface area contributed by atoms with Crippen molar-refractivity contribution in [3.05, 3.63) is 54.3 Å². The van der Waals surface area contributed by atoms with E-state index in [9.17, 15) is 40.5 Å². The van der Waals surface area contributed by atoms with Gasteiger partial charge in [0.15, 0.2) is 18.7 Å². The van der Waals surface area contributed by atoms with Crippen molar-refractivity contribution in [1.82, 2.24) is 0 Å². The number of rotatable bonds is 9. The van der Waals surface area contributed by atoms with Gasteiger partial charge in [-0.15, -0.1) is 0 Å². The molecule has 248 valence electrons. The van der Waals surface area contributed by atoms with E-state index >= 15 is 0 Å². The zero-order chi connectivity index (χ0) is 32.0. The van der Waals surface area contributed by atoms with Gasteiger partial charge in [0.2, 0.25) is 6.29 Å². The van der Waals surface area contributed by atoms with E-state index in [2.05, 4.69) is 0 Å². The lowest BCUT2D eigenvalue weighted by atomic mass is 9.85. The van der Waals surface area contributed by atoms with Gasteiger partial charge in [0.25, 0.3) is 0 Å². The van der Waals surface area contributed by atoms with E-state index in [-0.39, 0.29) is 0 Å². The quantitative estimate of drug-likeness (QED) is 0.0845. The first-order valence-corrected chi connectivity index (χ1v) is 14.8. The lowest BCUT2D eigenvalue weighted by molar-refractivity contribution is -0.347. The Morgan fingerprint density at radius 3 is 2.36 bits per heavy atom. The van der Waals surface area contributed by atoms with Gasteiger partial charge in [0.1, 0.15) is 48.3 Å². The first kappa shape index (κ1) is 32.4. The second-order valence-electron chi connectivity index (χ2n) is 11.9. The number of ether oxygens (including phenoxy) is 7. The number of carbonyl (C=O) groups is 1. The molecule has 4 heterocycles. The number of hydrogen-bond donors (Lipinski definition) is 7. The zero-order valence-electron chi connectivity index (χ0n) is 24.2. The van der Waals surface area contributed by atoms with Crippen LogP contribution in [0.15, 0.2) is 48.7 Å². The highest BCUT2D eigenvalue weighted by Gasteiger charge is 2.77. The number of hydrogen-bond acceptors (Lipinski definition) is 15. The van der Waals surface area contributed by atoms with Gasteiger partial charge in [-0.1, -0.05) is 30.3 Å². The maximum Gasteiger partial charge on any atom is 0.331 e. The van der Waals surface area contributed by atoms with Crippen LogP contribution in [-0.2, 0) is 38.0 Å². The smallest absolute Gasteiger partial charge is 0.331 e. The first-order chi connectivity index (χ1) is 21.6. The van der Waals surface area contributed by atoms with E-state index in [0.29, 0.717) is 0 Å². The van der Waals surface area contributed by atoms with Crippen molar-refractivity contribution in [3.8, 4) is 0 Å². The van der Waals surface area contributed by atoms with Crippen molar-refractivity contribution in [2.75, 3.05) is 13.2 Å². The summed E-state index contributed by atoms with van der Waals surface area (Å²) in [5.41, 5.74) is -0.478. The Morgan fingerprint density at radius 1 is 0.889 bits per heavy atom. The molecule has 6 rings (SSSR count). The summed E-state index contributed by atoms with van der Waals surface area (Å²) in [5, 5.41) is 72.2. The number of aliphatic hydroxyl groups is 7. The summed E-state index contributed by atoms with van der Waals surface area (Å²) < 4.78 is 40.7. The summed E-state index contributed by atoms with van der Waals surface area (Å²) >= 11 is 0. The molecule has 0 radical (unpaired) electrons. The fourth-order valence-electron chi connectivity index (χ4n) is 6.60. The van der Waals surface area contributed by atoms with Gasteiger partial charge in [-0.2, -0.15) is 0 Å². The van der Waals surface area contributed by atoms with Crippen LogP contribution in [0.1, 0.15) is 12.5 Å². The Morgan fingerprint density at radius 2 is 1.64 bits per heavy atom. The number of esters is 1. The normalized spacial score (nSPS) is 47.2. The molecular formula is C30H38O15. The highest BCUT2D eigenvalue weighted by atomic mass is 16.8. The fourth-order valence-corrected chi connectivity index (χ4v) is 6.60. The van der Waals surface area contributed by atoms with Crippen molar-refractivity contribution in [3.63, 3.8) is 0 Å². The number of fused-ring (bicyclic) bond motifs is 3. The molecule has 5 aliphatic rings. The minimum Gasteiger partial charge on any atom is -0.472 e. The van der Waals surface area contributed by atoms with Crippen LogP contribution in [-0.4, -0.2) is 140 Å². The average molecular weight is 639 g/mol. The molecule has 15 heteroatoms. The van der Waals surface area contributed by atoms with E-state index < -0.39 is 117 Å². The van der Waals surface area contributed by atoms with E-state index in [1.165, 1.54) is 25.3 Å². The Hall–Kier alpha value is -2.51. The van der Waals surface area contributed by atoms with Gasteiger partial charge in [0, 0.05) is 12.0 Å². The average Bonchev–Trinajstić information content (AvgIpc) is 3.72. The standard InChI is InChI=1S/C30H38O15/c1-13-19(34)22(37)25(42-17(33)8-7-14-5-3-2-4-6-14)29(40-13)43-24-15-9-10-39-27(18(15)30(12-32)26(24)45-30)44-28-23(38)21(36)20(35)16(11-31)41-28/h2-10,13,15-16,18-29,31-32,34-38H,11-12H2,1H3/t13-,15+,16+,18+,19-,20+,21-,22+,23+,24-,25+,26-,27-,28-,29-,30+/m0/s1. The maximum absolute atomic E-state index is 12.7. The van der Waals surface area contributed by atoms with E-state index in [4.69, 9.17) is 33.2 Å². The molecule has 4 fully saturated rings. The summed E-state index contributed by atoms with van der Waals surface area (Å²) in [6.45, 7) is 0.397. The van der Waals surface area contributed by atoms with Gasteiger partial charge in [0.05, 0.1) is 37.6 Å². The van der Waals surface area contributed by atoms with E-state index in [0.717, 1.165) is 5.56 Å². The maximum atomic E-state index is 12.7. The molecule has 1 aromatic rings. The molecular weight excluding hydrogens is 600 g/mol. The molecule has 1 saturated carbocycles.